The van der Waals surface area contributed by atoms with Crippen LogP contribution in [0.1, 0.15) is 33.8 Å². The Morgan fingerprint density at radius 1 is 0.840 bits per heavy atom. The van der Waals surface area contributed by atoms with Gasteiger partial charge in [0, 0.05) is 12.3 Å². The summed E-state index contributed by atoms with van der Waals surface area (Å²) in [7, 11) is 1.63. The molecule has 0 fully saturated rings. The Morgan fingerprint density at radius 3 is 2.28 bits per heavy atom. The highest BCUT2D eigenvalue weighted by molar-refractivity contribution is 6.04. The monoisotopic (exact) mass is 330 g/mol. The van der Waals surface area contributed by atoms with Gasteiger partial charge in [0.2, 0.25) is 0 Å². The lowest BCUT2D eigenvalue weighted by Gasteiger charge is -2.13. The van der Waals surface area contributed by atoms with Crippen molar-refractivity contribution in [1.29, 1.82) is 0 Å². The summed E-state index contributed by atoms with van der Waals surface area (Å²) in [6, 6.07) is 23.3. The van der Waals surface area contributed by atoms with Crippen LogP contribution < -0.4 is 9.47 Å². The summed E-state index contributed by atoms with van der Waals surface area (Å²) in [6.07, 6.45) is 0.488. The molecule has 0 N–H and O–H groups in total. The lowest BCUT2D eigenvalue weighted by Crippen LogP contribution is -1.96. The first-order valence-electron chi connectivity index (χ1n) is 8.29. The Morgan fingerprint density at radius 2 is 1.56 bits per heavy atom. The Labute approximate surface area is 146 Å². The van der Waals surface area contributed by atoms with Crippen LogP contribution in [0.3, 0.4) is 0 Å². The van der Waals surface area contributed by atoms with Gasteiger partial charge in [0.05, 0.1) is 12.7 Å². The third kappa shape index (κ3) is 2.89. The number of carbonyl (C=O) groups excluding carboxylic acids is 1. The summed E-state index contributed by atoms with van der Waals surface area (Å²) in [4.78, 5) is 12.7. The molecule has 3 aromatic carbocycles. The first-order valence-corrected chi connectivity index (χ1v) is 8.29. The zero-order chi connectivity index (χ0) is 17.2. The quantitative estimate of drug-likeness (QED) is 0.659. The van der Waals surface area contributed by atoms with Crippen molar-refractivity contribution in [3.63, 3.8) is 0 Å². The number of hydrogen-bond donors (Lipinski definition) is 0. The maximum Gasteiger partial charge on any atom is 0.167 e. The van der Waals surface area contributed by atoms with E-state index in [0.29, 0.717) is 23.5 Å². The van der Waals surface area contributed by atoms with E-state index in [1.165, 1.54) is 0 Å². The van der Waals surface area contributed by atoms with Crippen LogP contribution in [-0.4, -0.2) is 12.9 Å². The standard InChI is InChI=1S/C22H18O3/c1-24-16-10-12-17(13-11-16)25-21-9-5-8-18-19(14-20(23)22(18)21)15-6-3-2-4-7-15/h2-13,19H,14H2,1H3/t19-/m1/s1. The molecule has 0 radical (unpaired) electrons. The van der Waals surface area contributed by atoms with Crippen LogP contribution in [0, 0.1) is 0 Å². The third-order valence-corrected chi connectivity index (χ3v) is 4.59. The normalized spacial score (nSPS) is 15.7. The number of carbonyl (C=O) groups is 1. The number of hydrogen-bond acceptors (Lipinski definition) is 3. The average molecular weight is 330 g/mol. The van der Waals surface area contributed by atoms with Crippen molar-refractivity contribution in [2.24, 2.45) is 0 Å². The zero-order valence-electron chi connectivity index (χ0n) is 13.9. The van der Waals surface area contributed by atoms with Gasteiger partial charge in [0.15, 0.2) is 5.78 Å². The van der Waals surface area contributed by atoms with Crippen LogP contribution in [0.15, 0.2) is 72.8 Å². The number of ketones is 1. The molecular weight excluding hydrogens is 312 g/mol. The molecule has 1 aliphatic rings. The van der Waals surface area contributed by atoms with E-state index >= 15 is 0 Å². The van der Waals surface area contributed by atoms with Crippen LogP contribution in [0.4, 0.5) is 0 Å². The number of methoxy groups -OCH3 is 1. The van der Waals surface area contributed by atoms with Crippen LogP contribution in [0.5, 0.6) is 17.2 Å². The van der Waals surface area contributed by atoms with E-state index in [9.17, 15) is 4.79 Å². The van der Waals surface area contributed by atoms with E-state index in [2.05, 4.69) is 12.1 Å². The number of rotatable bonds is 4. The van der Waals surface area contributed by atoms with Crippen molar-refractivity contribution in [2.45, 2.75) is 12.3 Å². The fraction of sp³-hybridized carbons (Fsp3) is 0.136. The molecule has 0 unspecified atom stereocenters. The van der Waals surface area contributed by atoms with E-state index in [-0.39, 0.29) is 11.7 Å². The van der Waals surface area contributed by atoms with Gasteiger partial charge in [-0.3, -0.25) is 4.79 Å². The molecule has 3 heteroatoms. The van der Waals surface area contributed by atoms with Crippen molar-refractivity contribution in [3.8, 4) is 17.2 Å². The fourth-order valence-corrected chi connectivity index (χ4v) is 3.37. The first kappa shape index (κ1) is 15.5. The Bertz CT molecular complexity index is 898. The summed E-state index contributed by atoms with van der Waals surface area (Å²) < 4.78 is 11.2. The lowest BCUT2D eigenvalue weighted by atomic mass is 9.93. The average Bonchev–Trinajstić information content (AvgIpc) is 3.01. The van der Waals surface area contributed by atoms with Gasteiger partial charge < -0.3 is 9.47 Å². The number of benzene rings is 3. The molecule has 3 aromatic rings. The molecule has 0 saturated heterocycles. The molecule has 4 rings (SSSR count). The van der Waals surface area contributed by atoms with Gasteiger partial charge in [-0.05, 0) is 41.5 Å². The molecular formula is C22H18O3. The number of fused-ring (bicyclic) bond motifs is 1. The topological polar surface area (TPSA) is 35.5 Å². The molecule has 0 bridgehead atoms. The van der Waals surface area contributed by atoms with E-state index in [0.717, 1.165) is 16.9 Å². The van der Waals surface area contributed by atoms with E-state index in [1.54, 1.807) is 7.11 Å². The smallest absolute Gasteiger partial charge is 0.167 e. The molecule has 1 atom stereocenters. The summed E-state index contributed by atoms with van der Waals surface area (Å²) in [5.41, 5.74) is 2.91. The highest BCUT2D eigenvalue weighted by Gasteiger charge is 2.33. The molecule has 0 aromatic heterocycles. The molecule has 124 valence electrons. The Kier molecular flexibility index (Phi) is 3.98. The van der Waals surface area contributed by atoms with Gasteiger partial charge in [0.25, 0.3) is 0 Å². The minimum atomic E-state index is 0.100. The second kappa shape index (κ2) is 6.44. The van der Waals surface area contributed by atoms with E-state index in [1.807, 2.05) is 60.7 Å². The first-order chi connectivity index (χ1) is 12.3. The van der Waals surface area contributed by atoms with Crippen molar-refractivity contribution in [1.82, 2.24) is 0 Å². The Hall–Kier alpha value is -3.07. The van der Waals surface area contributed by atoms with Gasteiger partial charge in [-0.2, -0.15) is 0 Å². The number of Topliss-reactive ketones (excluding diaryl/α,β-unsaturated/α-hetero) is 1. The molecule has 1 aliphatic carbocycles. The van der Waals surface area contributed by atoms with E-state index in [4.69, 9.17) is 9.47 Å². The van der Waals surface area contributed by atoms with Crippen LogP contribution in [0.2, 0.25) is 0 Å². The van der Waals surface area contributed by atoms with Gasteiger partial charge in [-0.15, -0.1) is 0 Å². The highest BCUT2D eigenvalue weighted by Crippen LogP contribution is 2.43. The van der Waals surface area contributed by atoms with Gasteiger partial charge in [0.1, 0.15) is 17.2 Å². The molecule has 0 spiro atoms. The predicted octanol–water partition coefficient (Wildman–Crippen LogP) is 5.21. The molecule has 0 aliphatic heterocycles. The van der Waals surface area contributed by atoms with Gasteiger partial charge in [-0.1, -0.05) is 42.5 Å². The van der Waals surface area contributed by atoms with Crippen molar-refractivity contribution < 1.29 is 14.3 Å². The molecule has 3 nitrogen and oxygen atoms in total. The van der Waals surface area contributed by atoms with Gasteiger partial charge in [-0.25, -0.2) is 0 Å². The number of ether oxygens (including phenoxy) is 2. The fourth-order valence-electron chi connectivity index (χ4n) is 3.37. The lowest BCUT2D eigenvalue weighted by molar-refractivity contribution is 0.0989. The second-order valence-corrected chi connectivity index (χ2v) is 6.09. The van der Waals surface area contributed by atoms with Gasteiger partial charge >= 0.3 is 0 Å². The SMILES string of the molecule is COc1ccc(Oc2cccc3c2C(=O)C[C@@H]3c2ccccc2)cc1. The molecule has 0 saturated carbocycles. The summed E-state index contributed by atoms with van der Waals surface area (Å²) >= 11 is 0. The van der Waals surface area contributed by atoms with Crippen LogP contribution in [-0.2, 0) is 0 Å². The zero-order valence-corrected chi connectivity index (χ0v) is 13.9. The van der Waals surface area contributed by atoms with Crippen LogP contribution in [0.25, 0.3) is 0 Å². The predicted molar refractivity (Wildman–Crippen MR) is 96.7 cm³/mol. The van der Waals surface area contributed by atoms with Crippen molar-refractivity contribution in [3.05, 3.63) is 89.5 Å². The minimum absolute atomic E-state index is 0.100. The summed E-state index contributed by atoms with van der Waals surface area (Å²) in [5, 5.41) is 0. The molecule has 0 amide bonds. The maximum absolute atomic E-state index is 12.7. The summed E-state index contributed by atoms with van der Waals surface area (Å²) in [5.74, 6) is 2.30. The molecule has 0 heterocycles. The van der Waals surface area contributed by atoms with Crippen LogP contribution >= 0.6 is 0 Å². The van der Waals surface area contributed by atoms with Crippen molar-refractivity contribution in [2.75, 3.05) is 7.11 Å². The minimum Gasteiger partial charge on any atom is -0.497 e. The van der Waals surface area contributed by atoms with Crippen molar-refractivity contribution >= 4 is 5.78 Å². The third-order valence-electron chi connectivity index (χ3n) is 4.59. The second-order valence-electron chi connectivity index (χ2n) is 6.09. The molecule has 25 heavy (non-hydrogen) atoms. The highest BCUT2D eigenvalue weighted by atomic mass is 16.5. The largest absolute Gasteiger partial charge is 0.497 e. The summed E-state index contributed by atoms with van der Waals surface area (Å²) in [6.45, 7) is 0. The maximum atomic E-state index is 12.7. The van der Waals surface area contributed by atoms with E-state index < -0.39 is 0 Å². The Balaban J connectivity index is 1.69.